The second-order valence-corrected chi connectivity index (χ2v) is 13.7. The number of fused-ring (bicyclic) bond motifs is 5. The van der Waals surface area contributed by atoms with Gasteiger partial charge in [-0.2, -0.15) is 18.9 Å². The van der Waals surface area contributed by atoms with Crippen molar-refractivity contribution in [1.82, 2.24) is 29.5 Å². The molecule has 7 rings (SSSR count). The molecule has 0 radical (unpaired) electrons. The van der Waals surface area contributed by atoms with Crippen LogP contribution in [0.4, 0.5) is 23.3 Å². The molecule has 3 saturated heterocycles. The van der Waals surface area contributed by atoms with E-state index in [4.69, 9.17) is 43.6 Å². The Balaban J connectivity index is 1.20. The summed E-state index contributed by atoms with van der Waals surface area (Å²) >= 11 is 0. The third-order valence-corrected chi connectivity index (χ3v) is 10.2. The maximum Gasteiger partial charge on any atom is 0.572 e. The molecule has 250 valence electrons. The highest BCUT2D eigenvalue weighted by molar-refractivity contribution is 7.55. The minimum atomic E-state index is -5.01. The molecule has 0 amide bonds. The summed E-state index contributed by atoms with van der Waals surface area (Å²) < 4.78 is 53.6. The van der Waals surface area contributed by atoms with E-state index in [2.05, 4.69) is 30.2 Å². The summed E-state index contributed by atoms with van der Waals surface area (Å²) in [7, 11) is -8.27. The Kier molecular flexibility index (Phi) is 7.88. The van der Waals surface area contributed by atoms with Crippen molar-refractivity contribution >= 4 is 50.4 Å². The number of aromatic nitrogens is 6. The quantitative estimate of drug-likeness (QED) is 0.132. The minimum absolute atomic E-state index is 0.0485. The molecular weight excluding hydrogens is 662 g/mol. The Bertz CT molecular complexity index is 1750. The van der Waals surface area contributed by atoms with Gasteiger partial charge in [-0.1, -0.05) is 0 Å². The minimum Gasteiger partial charge on any atom is -0.387 e. The molecule has 10 atom stereocenters. The molecule has 4 aliphatic rings. The van der Waals surface area contributed by atoms with Crippen LogP contribution in [0, 0.1) is 0 Å². The van der Waals surface area contributed by atoms with Crippen molar-refractivity contribution in [3.63, 3.8) is 0 Å². The van der Waals surface area contributed by atoms with E-state index in [-0.39, 0.29) is 41.1 Å². The van der Waals surface area contributed by atoms with E-state index < -0.39 is 83.8 Å². The second-order valence-electron chi connectivity index (χ2n) is 10.5. The molecule has 0 saturated carbocycles. The molecule has 3 fully saturated rings. The van der Waals surface area contributed by atoms with Crippen LogP contribution in [-0.2, 0) is 36.7 Å². The SMILES string of the molecule is CO[P+]1(O)OCC2OC(n3cnc4c(N)ncnc43)C(O)C2OP(=O)(O)OCC2OC(N3CNc4c3nc(N)[nH]c4=O)C(O1)C2O. The smallest absolute Gasteiger partial charge is 0.387 e. The number of phosphoric ester groups is 1. The van der Waals surface area contributed by atoms with E-state index in [0.717, 1.165) is 7.11 Å². The van der Waals surface area contributed by atoms with Crippen LogP contribution < -0.4 is 27.2 Å². The van der Waals surface area contributed by atoms with Gasteiger partial charge in [-0.3, -0.25) is 23.4 Å². The first-order valence-corrected chi connectivity index (χ1v) is 16.5. The van der Waals surface area contributed by atoms with E-state index in [1.54, 1.807) is 0 Å². The number of hydrogen-bond acceptors (Lipinski definition) is 20. The van der Waals surface area contributed by atoms with Crippen LogP contribution in [0.5, 0.6) is 0 Å². The normalized spacial score (nSPS) is 38.1. The number of anilines is 4. The first-order valence-electron chi connectivity index (χ1n) is 13.5. The summed E-state index contributed by atoms with van der Waals surface area (Å²) in [5, 5.41) is 25.3. The van der Waals surface area contributed by atoms with Crippen LogP contribution in [0.1, 0.15) is 6.23 Å². The lowest BCUT2D eigenvalue weighted by Crippen LogP contribution is -2.46. The average Bonchev–Trinajstić information content (AvgIpc) is 3.77. The molecule has 7 heterocycles. The zero-order valence-corrected chi connectivity index (χ0v) is 25.4. The third-order valence-electron chi connectivity index (χ3n) is 7.75. The predicted molar refractivity (Wildman–Crippen MR) is 152 cm³/mol. The lowest BCUT2D eigenvalue weighted by Gasteiger charge is -2.29. The number of ether oxygens (including phenoxy) is 2. The second kappa shape index (κ2) is 11.5. The van der Waals surface area contributed by atoms with Crippen LogP contribution in [0.15, 0.2) is 17.4 Å². The standard InChI is InChI=1S/C21H28N10O13P2/c1-38-46(37)40-3-8-13(12(33)19(42-8)30-5-26-9-15(22)24-4-25-16(9)30)43-45(35,36)39-2-7-11(32)14(44-46)20(41-7)31-6-27-10-17(31)28-21(23)29-18(10)34/h4-5,7-8,11-14,19-20,27,32-33,37H,2-3,6H2,1H3,(H5-,22,23,24,25,28,29,34,35,36)/p+1. The average molecular weight is 691 g/mol. The summed E-state index contributed by atoms with van der Waals surface area (Å²) in [6, 6.07) is 0. The number of imidazole rings is 1. The van der Waals surface area contributed by atoms with E-state index in [9.17, 15) is 29.4 Å². The fourth-order valence-electron chi connectivity index (χ4n) is 5.58. The van der Waals surface area contributed by atoms with Gasteiger partial charge in [0.1, 0.15) is 54.7 Å². The summed E-state index contributed by atoms with van der Waals surface area (Å²) in [6.07, 6.45) is -9.13. The van der Waals surface area contributed by atoms with Crippen molar-refractivity contribution in [2.45, 2.75) is 49.1 Å². The molecule has 25 heteroatoms. The lowest BCUT2D eigenvalue weighted by molar-refractivity contribution is -0.0625. The van der Waals surface area contributed by atoms with Crippen molar-refractivity contribution in [3.05, 3.63) is 23.0 Å². The van der Waals surface area contributed by atoms with Crippen LogP contribution in [0.25, 0.3) is 11.2 Å². The summed E-state index contributed by atoms with van der Waals surface area (Å²) in [5.74, 6) is -0.0907. The Labute approximate surface area is 257 Å². The Hall–Kier alpha value is -3.15. The Morgan fingerprint density at radius 1 is 1.11 bits per heavy atom. The fourth-order valence-corrected chi connectivity index (χ4v) is 7.67. The van der Waals surface area contributed by atoms with Crippen molar-refractivity contribution in [2.75, 3.05) is 48.7 Å². The van der Waals surface area contributed by atoms with Gasteiger partial charge in [-0.15, -0.1) is 4.52 Å². The van der Waals surface area contributed by atoms with Gasteiger partial charge in [0, 0.05) is 0 Å². The van der Waals surface area contributed by atoms with Gasteiger partial charge in [0.05, 0.1) is 26.7 Å². The van der Waals surface area contributed by atoms with E-state index in [1.807, 2.05) is 0 Å². The van der Waals surface area contributed by atoms with Gasteiger partial charge in [-0.05, 0) is 0 Å². The molecule has 10 N–H and O–H groups in total. The Morgan fingerprint density at radius 3 is 2.67 bits per heavy atom. The molecule has 2 bridgehead atoms. The number of phosphoric acid groups is 1. The third kappa shape index (κ3) is 5.38. The number of nitrogens with one attached hydrogen (secondary N) is 2. The zero-order chi connectivity index (χ0) is 32.5. The van der Waals surface area contributed by atoms with Gasteiger partial charge in [0.15, 0.2) is 35.8 Å². The monoisotopic (exact) mass is 691 g/mol. The lowest BCUT2D eigenvalue weighted by atomic mass is 10.1. The molecular formula is C21H29N10O13P2+. The largest absolute Gasteiger partial charge is 0.572 e. The van der Waals surface area contributed by atoms with E-state index in [1.165, 1.54) is 22.1 Å². The van der Waals surface area contributed by atoms with Gasteiger partial charge in [-0.25, -0.2) is 19.5 Å². The molecule has 10 unspecified atom stereocenters. The van der Waals surface area contributed by atoms with Crippen molar-refractivity contribution < 1.29 is 56.7 Å². The molecule has 0 spiro atoms. The highest BCUT2D eigenvalue weighted by atomic mass is 31.2. The highest BCUT2D eigenvalue weighted by Crippen LogP contribution is 2.61. The number of nitrogens with zero attached hydrogens (tertiary/aromatic N) is 6. The van der Waals surface area contributed by atoms with Crippen molar-refractivity contribution in [3.8, 4) is 0 Å². The number of aromatic amines is 1. The zero-order valence-electron chi connectivity index (χ0n) is 23.6. The topological polar surface area (TPSA) is 319 Å². The molecule has 3 aromatic heterocycles. The van der Waals surface area contributed by atoms with Gasteiger partial charge < -0.3 is 46.3 Å². The molecule has 46 heavy (non-hydrogen) atoms. The summed E-state index contributed by atoms with van der Waals surface area (Å²) in [4.78, 5) is 54.4. The van der Waals surface area contributed by atoms with Crippen LogP contribution in [0.2, 0.25) is 0 Å². The number of nitrogens with two attached hydrogens (primary N) is 2. The number of nitrogen functional groups attached to an aromatic ring is 2. The van der Waals surface area contributed by atoms with Crippen LogP contribution in [-0.4, -0.2) is 119 Å². The molecule has 0 aliphatic carbocycles. The van der Waals surface area contributed by atoms with Crippen LogP contribution in [0.3, 0.4) is 0 Å². The highest BCUT2D eigenvalue weighted by Gasteiger charge is 2.60. The Morgan fingerprint density at radius 2 is 1.89 bits per heavy atom. The van der Waals surface area contributed by atoms with E-state index >= 15 is 0 Å². The van der Waals surface area contributed by atoms with Crippen molar-refractivity contribution in [1.29, 1.82) is 0 Å². The first kappa shape index (κ1) is 31.4. The number of aliphatic hydroxyl groups excluding tert-OH is 2. The maximum absolute atomic E-state index is 13.2. The molecule has 3 aromatic rings. The number of hydrogen-bond donors (Lipinski definition) is 8. The first-order chi connectivity index (χ1) is 21.9. The van der Waals surface area contributed by atoms with Crippen molar-refractivity contribution in [2.24, 2.45) is 0 Å². The fraction of sp³-hybridized carbons (Fsp3) is 0.571. The number of aliphatic hydroxyl groups is 2. The summed E-state index contributed by atoms with van der Waals surface area (Å²) in [6.45, 7) is -1.42. The predicted octanol–water partition coefficient (Wildman–Crippen LogP) is -2.46. The number of rotatable bonds is 3. The molecule has 23 nitrogen and oxygen atoms in total. The van der Waals surface area contributed by atoms with Crippen LogP contribution >= 0.6 is 16.0 Å². The molecule has 4 aliphatic heterocycles. The van der Waals surface area contributed by atoms with Gasteiger partial charge in [0.2, 0.25) is 5.95 Å². The summed E-state index contributed by atoms with van der Waals surface area (Å²) in [5.41, 5.74) is 11.5. The van der Waals surface area contributed by atoms with E-state index in [0.29, 0.717) is 0 Å². The number of H-pyrrole nitrogens is 1. The maximum atomic E-state index is 13.2. The van der Waals surface area contributed by atoms with Gasteiger partial charge in [0.25, 0.3) is 5.56 Å². The molecule has 0 aromatic carbocycles. The van der Waals surface area contributed by atoms with Gasteiger partial charge >= 0.3 is 16.0 Å².